The zero-order valence-electron chi connectivity index (χ0n) is 11.7. The van der Waals surface area contributed by atoms with Crippen LogP contribution >= 0.6 is 0 Å². The van der Waals surface area contributed by atoms with Crippen LogP contribution in [-0.2, 0) is 13.6 Å². The van der Waals surface area contributed by atoms with E-state index in [-0.39, 0.29) is 5.82 Å². The lowest BCUT2D eigenvalue weighted by Crippen LogP contribution is -2.18. The first kappa shape index (κ1) is 13.5. The lowest BCUT2D eigenvalue weighted by molar-refractivity contribution is 0.625. The van der Waals surface area contributed by atoms with E-state index >= 15 is 0 Å². The number of halogens is 1. The van der Waals surface area contributed by atoms with E-state index in [9.17, 15) is 4.39 Å². The lowest BCUT2D eigenvalue weighted by Gasteiger charge is -2.21. The number of benzene rings is 1. The van der Waals surface area contributed by atoms with Crippen molar-refractivity contribution in [3.05, 3.63) is 41.3 Å². The third-order valence-corrected chi connectivity index (χ3v) is 3.20. The molecular weight excluding hydrogens is 243 g/mol. The second kappa shape index (κ2) is 5.40. The number of nitrogens with one attached hydrogen (secondary N) is 1. The molecule has 1 aromatic heterocycles. The molecule has 5 heteroatoms. The molecule has 19 heavy (non-hydrogen) atoms. The third kappa shape index (κ3) is 2.46. The topological polar surface area (TPSA) is 33.1 Å². The Bertz CT molecular complexity index is 577. The summed E-state index contributed by atoms with van der Waals surface area (Å²) in [6, 6.07) is 6.75. The highest BCUT2D eigenvalue weighted by Crippen LogP contribution is 2.30. The molecule has 0 atom stereocenters. The molecule has 102 valence electrons. The Morgan fingerprint density at radius 3 is 2.68 bits per heavy atom. The van der Waals surface area contributed by atoms with Gasteiger partial charge in [0.25, 0.3) is 0 Å². The van der Waals surface area contributed by atoms with Crippen molar-refractivity contribution in [1.82, 2.24) is 15.1 Å². The number of hydrogen-bond acceptors (Lipinski definition) is 3. The standard InChI is InChI=1S/C14H19FN4/c1-10-11(9-16-2)14(19(4)17-10)18(3)13-8-6-5-7-12(13)15/h5-8,16H,9H2,1-4H3. The zero-order chi connectivity index (χ0) is 14.0. The number of aromatic nitrogens is 2. The minimum absolute atomic E-state index is 0.237. The van der Waals surface area contributed by atoms with Gasteiger partial charge < -0.3 is 10.2 Å². The first-order chi connectivity index (χ1) is 9.06. The summed E-state index contributed by atoms with van der Waals surface area (Å²) in [4.78, 5) is 1.84. The zero-order valence-corrected chi connectivity index (χ0v) is 11.7. The highest BCUT2D eigenvalue weighted by Gasteiger charge is 2.19. The maximum atomic E-state index is 13.9. The molecule has 4 nitrogen and oxygen atoms in total. The molecule has 0 aliphatic heterocycles. The first-order valence-corrected chi connectivity index (χ1v) is 6.21. The summed E-state index contributed by atoms with van der Waals surface area (Å²) in [6.07, 6.45) is 0. The Kier molecular flexibility index (Phi) is 3.85. The molecule has 0 amide bonds. The molecule has 0 spiro atoms. The van der Waals surface area contributed by atoms with E-state index in [2.05, 4.69) is 10.4 Å². The van der Waals surface area contributed by atoms with Crippen molar-refractivity contribution in [3.8, 4) is 0 Å². The van der Waals surface area contributed by atoms with Gasteiger partial charge in [-0.3, -0.25) is 4.68 Å². The number of para-hydroxylation sites is 1. The van der Waals surface area contributed by atoms with Crippen LogP contribution < -0.4 is 10.2 Å². The fourth-order valence-corrected chi connectivity index (χ4v) is 2.33. The average molecular weight is 262 g/mol. The van der Waals surface area contributed by atoms with Crippen LogP contribution in [0.5, 0.6) is 0 Å². The average Bonchev–Trinajstić information content (AvgIpc) is 2.65. The van der Waals surface area contributed by atoms with Crippen molar-refractivity contribution in [2.75, 3.05) is 19.0 Å². The smallest absolute Gasteiger partial charge is 0.146 e. The number of rotatable bonds is 4. The largest absolute Gasteiger partial charge is 0.327 e. The van der Waals surface area contributed by atoms with Crippen LogP contribution in [0.25, 0.3) is 0 Å². The summed E-state index contributed by atoms with van der Waals surface area (Å²) < 4.78 is 15.7. The van der Waals surface area contributed by atoms with Crippen LogP contribution in [0, 0.1) is 12.7 Å². The van der Waals surface area contributed by atoms with Crippen molar-refractivity contribution in [2.45, 2.75) is 13.5 Å². The van der Waals surface area contributed by atoms with Crippen molar-refractivity contribution in [3.63, 3.8) is 0 Å². The van der Waals surface area contributed by atoms with Gasteiger partial charge in [-0.1, -0.05) is 12.1 Å². The maximum absolute atomic E-state index is 13.9. The van der Waals surface area contributed by atoms with Crippen molar-refractivity contribution < 1.29 is 4.39 Å². The van der Waals surface area contributed by atoms with Crippen molar-refractivity contribution in [1.29, 1.82) is 0 Å². The molecule has 0 bridgehead atoms. The normalized spacial score (nSPS) is 10.8. The summed E-state index contributed by atoms with van der Waals surface area (Å²) in [6.45, 7) is 2.67. The van der Waals surface area contributed by atoms with Gasteiger partial charge in [0.05, 0.1) is 11.4 Å². The summed E-state index contributed by atoms with van der Waals surface area (Å²) in [5, 5.41) is 7.54. The number of hydrogen-bond donors (Lipinski definition) is 1. The Morgan fingerprint density at radius 2 is 2.05 bits per heavy atom. The molecule has 0 aliphatic rings. The molecule has 2 aromatic rings. The van der Waals surface area contributed by atoms with E-state index in [1.807, 2.05) is 39.0 Å². The Balaban J connectivity index is 2.49. The summed E-state index contributed by atoms with van der Waals surface area (Å²) in [5.74, 6) is 0.663. The van der Waals surface area contributed by atoms with Crippen LogP contribution in [0.4, 0.5) is 15.9 Å². The Labute approximate surface area is 112 Å². The van der Waals surface area contributed by atoms with E-state index in [0.717, 1.165) is 17.1 Å². The Morgan fingerprint density at radius 1 is 1.37 bits per heavy atom. The molecule has 0 radical (unpaired) electrons. The van der Waals surface area contributed by atoms with Gasteiger partial charge in [-0.15, -0.1) is 0 Å². The van der Waals surface area contributed by atoms with Crippen molar-refractivity contribution in [2.24, 2.45) is 7.05 Å². The summed E-state index contributed by atoms with van der Waals surface area (Å²) in [5.41, 5.74) is 2.58. The monoisotopic (exact) mass is 262 g/mol. The van der Waals surface area contributed by atoms with Gasteiger partial charge in [-0.05, 0) is 26.1 Å². The first-order valence-electron chi connectivity index (χ1n) is 6.21. The van der Waals surface area contributed by atoms with E-state index in [4.69, 9.17) is 0 Å². The molecule has 1 aromatic carbocycles. The van der Waals surface area contributed by atoms with E-state index < -0.39 is 0 Å². The van der Waals surface area contributed by atoms with Gasteiger partial charge in [0, 0.05) is 26.2 Å². The van der Waals surface area contributed by atoms with Crippen LogP contribution in [0.1, 0.15) is 11.3 Å². The molecule has 1 heterocycles. The fraction of sp³-hybridized carbons (Fsp3) is 0.357. The van der Waals surface area contributed by atoms with Crippen LogP contribution in [-0.4, -0.2) is 23.9 Å². The number of aryl methyl sites for hydroxylation is 2. The molecule has 0 saturated carbocycles. The molecule has 0 aliphatic carbocycles. The molecule has 2 rings (SSSR count). The van der Waals surface area contributed by atoms with Crippen LogP contribution in [0.3, 0.4) is 0 Å². The van der Waals surface area contributed by atoms with E-state index in [1.165, 1.54) is 6.07 Å². The lowest BCUT2D eigenvalue weighted by atomic mass is 10.2. The Hall–Kier alpha value is -1.88. The van der Waals surface area contributed by atoms with Crippen molar-refractivity contribution >= 4 is 11.5 Å². The molecule has 0 fully saturated rings. The van der Waals surface area contributed by atoms with Gasteiger partial charge in [-0.2, -0.15) is 5.10 Å². The predicted octanol–water partition coefficient (Wildman–Crippen LogP) is 2.35. The summed E-state index contributed by atoms with van der Waals surface area (Å²) in [7, 11) is 5.62. The second-order valence-corrected chi connectivity index (χ2v) is 4.55. The SMILES string of the molecule is CNCc1c(C)nn(C)c1N(C)c1ccccc1F. The number of anilines is 2. The van der Waals surface area contributed by atoms with Gasteiger partial charge in [0.1, 0.15) is 11.6 Å². The highest BCUT2D eigenvalue weighted by molar-refractivity contribution is 5.64. The number of nitrogens with zero attached hydrogens (tertiary/aromatic N) is 3. The molecule has 0 saturated heterocycles. The maximum Gasteiger partial charge on any atom is 0.146 e. The minimum atomic E-state index is -0.237. The third-order valence-electron chi connectivity index (χ3n) is 3.20. The molecular formula is C14H19FN4. The molecule has 1 N–H and O–H groups in total. The second-order valence-electron chi connectivity index (χ2n) is 4.55. The fourth-order valence-electron chi connectivity index (χ4n) is 2.33. The minimum Gasteiger partial charge on any atom is -0.327 e. The van der Waals surface area contributed by atoms with E-state index in [0.29, 0.717) is 12.2 Å². The molecule has 0 unspecified atom stereocenters. The van der Waals surface area contributed by atoms with E-state index in [1.54, 1.807) is 16.8 Å². The van der Waals surface area contributed by atoms with Crippen LogP contribution in [0.15, 0.2) is 24.3 Å². The highest BCUT2D eigenvalue weighted by atomic mass is 19.1. The van der Waals surface area contributed by atoms with Gasteiger partial charge >= 0.3 is 0 Å². The summed E-state index contributed by atoms with van der Waals surface area (Å²) >= 11 is 0. The van der Waals surface area contributed by atoms with Gasteiger partial charge in [0.15, 0.2) is 0 Å². The van der Waals surface area contributed by atoms with Gasteiger partial charge in [0.2, 0.25) is 0 Å². The van der Waals surface area contributed by atoms with Gasteiger partial charge in [-0.25, -0.2) is 4.39 Å². The van der Waals surface area contributed by atoms with Crippen LogP contribution in [0.2, 0.25) is 0 Å². The quantitative estimate of drug-likeness (QED) is 0.918. The predicted molar refractivity (Wildman–Crippen MR) is 75.2 cm³/mol.